The van der Waals surface area contributed by atoms with Gasteiger partial charge in [0.2, 0.25) is 11.8 Å². The van der Waals surface area contributed by atoms with Crippen molar-refractivity contribution in [1.29, 1.82) is 0 Å². The van der Waals surface area contributed by atoms with Crippen molar-refractivity contribution in [3.63, 3.8) is 0 Å². The Hall–Kier alpha value is -1.14. The first-order chi connectivity index (χ1) is 9.08. The molecule has 0 radical (unpaired) electrons. The van der Waals surface area contributed by atoms with Crippen LogP contribution in [0.4, 0.5) is 0 Å². The van der Waals surface area contributed by atoms with Gasteiger partial charge < -0.3 is 20.7 Å². The summed E-state index contributed by atoms with van der Waals surface area (Å²) in [7, 11) is 1.52. The maximum absolute atomic E-state index is 12.1. The van der Waals surface area contributed by atoms with Crippen molar-refractivity contribution in [2.75, 3.05) is 26.7 Å². The lowest BCUT2D eigenvalue weighted by molar-refractivity contribution is -0.137. The number of nitrogens with one attached hydrogen (secondary N) is 1. The molecule has 3 N–H and O–H groups in total. The Labute approximate surface area is 114 Å². The number of hydrogen-bond donors (Lipinski definition) is 2. The monoisotopic (exact) mass is 271 g/mol. The average molecular weight is 271 g/mol. The van der Waals surface area contributed by atoms with E-state index < -0.39 is 6.04 Å². The Bertz CT molecular complexity index is 300. The number of methoxy groups -OCH3 is 1. The van der Waals surface area contributed by atoms with Crippen LogP contribution in [0.15, 0.2) is 0 Å². The van der Waals surface area contributed by atoms with Crippen molar-refractivity contribution in [3.05, 3.63) is 0 Å². The lowest BCUT2D eigenvalue weighted by Gasteiger charge is -2.29. The summed E-state index contributed by atoms with van der Waals surface area (Å²) in [5, 5.41) is 2.71. The van der Waals surface area contributed by atoms with Crippen LogP contribution in [0.2, 0.25) is 0 Å². The molecule has 0 saturated carbocycles. The number of likely N-dealkylation sites (tertiary alicyclic amines) is 1. The van der Waals surface area contributed by atoms with Crippen molar-refractivity contribution in [3.8, 4) is 0 Å². The summed E-state index contributed by atoms with van der Waals surface area (Å²) >= 11 is 0. The van der Waals surface area contributed by atoms with E-state index in [4.69, 9.17) is 10.5 Å². The molecule has 1 fully saturated rings. The Morgan fingerprint density at radius 1 is 1.32 bits per heavy atom. The molecule has 1 rings (SSSR count). The number of piperidine rings is 1. The molecule has 0 aliphatic carbocycles. The highest BCUT2D eigenvalue weighted by Gasteiger charge is 2.24. The smallest absolute Gasteiger partial charge is 0.244 e. The molecule has 1 saturated heterocycles. The van der Waals surface area contributed by atoms with Gasteiger partial charge >= 0.3 is 0 Å². The summed E-state index contributed by atoms with van der Waals surface area (Å²) in [5.74, 6) is -0.204. The topological polar surface area (TPSA) is 84.7 Å². The lowest BCUT2D eigenvalue weighted by atomic mass is 10.1. The highest BCUT2D eigenvalue weighted by molar-refractivity contribution is 5.87. The minimum Gasteiger partial charge on any atom is -0.380 e. The first-order valence-corrected chi connectivity index (χ1v) is 6.89. The molecule has 2 unspecified atom stereocenters. The molecule has 110 valence electrons. The summed E-state index contributed by atoms with van der Waals surface area (Å²) in [4.78, 5) is 25.7. The largest absolute Gasteiger partial charge is 0.380 e. The summed E-state index contributed by atoms with van der Waals surface area (Å²) in [5.41, 5.74) is 5.46. The van der Waals surface area contributed by atoms with Gasteiger partial charge in [-0.15, -0.1) is 0 Å². The maximum Gasteiger partial charge on any atom is 0.244 e. The summed E-state index contributed by atoms with van der Waals surface area (Å²) in [6.45, 7) is 3.60. The van der Waals surface area contributed by atoms with Gasteiger partial charge in [0.25, 0.3) is 0 Å². The Morgan fingerprint density at radius 3 is 2.47 bits per heavy atom. The zero-order valence-corrected chi connectivity index (χ0v) is 11.9. The number of rotatable bonds is 6. The van der Waals surface area contributed by atoms with E-state index in [1.807, 2.05) is 4.90 Å². The lowest BCUT2D eigenvalue weighted by Crippen LogP contribution is -2.49. The van der Waals surface area contributed by atoms with Gasteiger partial charge in [0, 0.05) is 26.7 Å². The predicted molar refractivity (Wildman–Crippen MR) is 72.5 cm³/mol. The number of carbonyl (C=O) groups is 2. The molecule has 19 heavy (non-hydrogen) atoms. The Balaban J connectivity index is 2.38. The maximum atomic E-state index is 12.1. The second-order valence-electron chi connectivity index (χ2n) is 4.97. The van der Waals surface area contributed by atoms with Crippen LogP contribution >= 0.6 is 0 Å². The first-order valence-electron chi connectivity index (χ1n) is 6.89. The van der Waals surface area contributed by atoms with E-state index in [9.17, 15) is 9.59 Å². The van der Waals surface area contributed by atoms with Gasteiger partial charge in [-0.05, 0) is 26.2 Å². The second-order valence-corrected chi connectivity index (χ2v) is 4.97. The highest BCUT2D eigenvalue weighted by atomic mass is 16.5. The third kappa shape index (κ3) is 5.16. The van der Waals surface area contributed by atoms with Crippen molar-refractivity contribution >= 4 is 11.8 Å². The van der Waals surface area contributed by atoms with Crippen molar-refractivity contribution < 1.29 is 14.3 Å². The Morgan fingerprint density at radius 2 is 1.95 bits per heavy atom. The minimum absolute atomic E-state index is 0.00485. The van der Waals surface area contributed by atoms with E-state index >= 15 is 0 Å². The predicted octanol–water partition coefficient (Wildman–Crippen LogP) is -0.133. The van der Waals surface area contributed by atoms with Crippen LogP contribution in [0.5, 0.6) is 0 Å². The third-order valence-electron chi connectivity index (χ3n) is 3.42. The van der Waals surface area contributed by atoms with Crippen molar-refractivity contribution in [2.24, 2.45) is 5.73 Å². The van der Waals surface area contributed by atoms with E-state index in [1.165, 1.54) is 13.5 Å². The summed E-state index contributed by atoms with van der Waals surface area (Å²) < 4.78 is 5.05. The number of hydrogen-bond acceptors (Lipinski definition) is 4. The van der Waals surface area contributed by atoms with Crippen LogP contribution in [0.25, 0.3) is 0 Å². The molecule has 6 heteroatoms. The zero-order chi connectivity index (χ0) is 14.3. The quantitative estimate of drug-likeness (QED) is 0.704. The summed E-state index contributed by atoms with van der Waals surface area (Å²) in [6, 6.07) is -0.485. The van der Waals surface area contributed by atoms with Crippen LogP contribution in [0, 0.1) is 0 Å². The molecule has 0 spiro atoms. The van der Waals surface area contributed by atoms with Gasteiger partial charge in [-0.3, -0.25) is 9.59 Å². The zero-order valence-electron chi connectivity index (χ0n) is 11.9. The van der Waals surface area contributed by atoms with Crippen LogP contribution in [0.1, 0.15) is 32.6 Å². The van der Waals surface area contributed by atoms with Crippen molar-refractivity contribution in [2.45, 2.75) is 44.8 Å². The summed E-state index contributed by atoms with van der Waals surface area (Å²) in [6.07, 6.45) is 3.16. The van der Waals surface area contributed by atoms with E-state index in [0.717, 1.165) is 25.9 Å². The molecule has 6 nitrogen and oxygen atoms in total. The van der Waals surface area contributed by atoms with E-state index in [-0.39, 0.29) is 24.3 Å². The molecular weight excluding hydrogens is 246 g/mol. The molecule has 2 amide bonds. The molecule has 1 aliphatic heterocycles. The number of ether oxygens (including phenoxy) is 1. The third-order valence-corrected chi connectivity index (χ3v) is 3.42. The molecular formula is C13H25N3O3. The van der Waals surface area contributed by atoms with Crippen LogP contribution < -0.4 is 11.1 Å². The van der Waals surface area contributed by atoms with E-state index in [2.05, 4.69) is 5.32 Å². The number of carbonyl (C=O) groups excluding carboxylic acids is 2. The van der Waals surface area contributed by atoms with Gasteiger partial charge in [0.15, 0.2) is 0 Å². The van der Waals surface area contributed by atoms with Gasteiger partial charge in [-0.25, -0.2) is 0 Å². The van der Waals surface area contributed by atoms with E-state index in [0.29, 0.717) is 6.54 Å². The molecule has 0 aromatic rings. The fourth-order valence-electron chi connectivity index (χ4n) is 2.22. The standard InChI is InChI=1S/C13H25N3O3/c1-10(13(18)16-6-4-3-5-7-16)15-12(17)8-11(9-14)19-2/h10-11H,3-9,14H2,1-2H3,(H,15,17). The van der Waals surface area contributed by atoms with Gasteiger partial charge in [-0.1, -0.05) is 0 Å². The van der Waals surface area contributed by atoms with Gasteiger partial charge in [0.1, 0.15) is 6.04 Å². The molecule has 0 bridgehead atoms. The number of amides is 2. The van der Waals surface area contributed by atoms with Crippen molar-refractivity contribution in [1.82, 2.24) is 10.2 Å². The Kier molecular flexibility index (Phi) is 6.80. The highest BCUT2D eigenvalue weighted by Crippen LogP contribution is 2.10. The normalized spacial score (nSPS) is 18.8. The first kappa shape index (κ1) is 15.9. The molecule has 1 heterocycles. The van der Waals surface area contributed by atoms with Gasteiger partial charge in [0.05, 0.1) is 12.5 Å². The molecule has 1 aliphatic rings. The van der Waals surface area contributed by atoms with Crippen LogP contribution in [0.3, 0.4) is 0 Å². The number of nitrogens with zero attached hydrogens (tertiary/aromatic N) is 1. The second kappa shape index (κ2) is 8.12. The average Bonchev–Trinajstić information content (AvgIpc) is 2.44. The fourth-order valence-corrected chi connectivity index (χ4v) is 2.22. The van der Waals surface area contributed by atoms with E-state index in [1.54, 1.807) is 6.92 Å². The SMILES string of the molecule is COC(CN)CC(=O)NC(C)C(=O)N1CCCCC1. The van der Waals surface area contributed by atoms with Gasteiger partial charge in [-0.2, -0.15) is 0 Å². The number of nitrogens with two attached hydrogens (primary N) is 1. The molecule has 2 atom stereocenters. The molecule has 0 aromatic heterocycles. The fraction of sp³-hybridized carbons (Fsp3) is 0.846. The van der Waals surface area contributed by atoms with Crippen LogP contribution in [-0.2, 0) is 14.3 Å². The van der Waals surface area contributed by atoms with Crippen LogP contribution in [-0.4, -0.2) is 55.6 Å². The minimum atomic E-state index is -0.485. The molecule has 0 aromatic carbocycles.